The fraction of sp³-hybridized carbons (Fsp3) is 0. The molecule has 2 rings (SSSR count). The highest BCUT2D eigenvalue weighted by molar-refractivity contribution is 7.97. The summed E-state index contributed by atoms with van der Waals surface area (Å²) in [7, 11) is -3.62. The lowest BCUT2D eigenvalue weighted by Gasteiger charge is -2.06. The van der Waals surface area contributed by atoms with Crippen LogP contribution in [0.4, 0.5) is 5.69 Å². The molecule has 1 aromatic carbocycles. The quantitative estimate of drug-likeness (QED) is 0.764. The van der Waals surface area contributed by atoms with E-state index in [0.717, 1.165) is 10.8 Å². The summed E-state index contributed by atoms with van der Waals surface area (Å²) < 4.78 is 22.8. The predicted octanol–water partition coefficient (Wildman–Crippen LogP) is 1.01. The van der Waals surface area contributed by atoms with Gasteiger partial charge in [0.1, 0.15) is 0 Å². The number of para-hydroxylation sites is 1. The molecule has 5 nitrogen and oxygen atoms in total. The molecule has 3 N–H and O–H groups in total. The largest absolute Gasteiger partial charge is 0.478 e. The number of sulfone groups is 1. The van der Waals surface area contributed by atoms with Gasteiger partial charge in [0.05, 0.1) is 11.0 Å². The second-order valence-electron chi connectivity index (χ2n) is 3.54. The molecule has 1 aliphatic rings. The first-order valence-electron chi connectivity index (χ1n) is 4.68. The minimum atomic E-state index is -3.62. The summed E-state index contributed by atoms with van der Waals surface area (Å²) in [6.45, 7) is 0. The Labute approximate surface area is 97.8 Å². The summed E-state index contributed by atoms with van der Waals surface area (Å²) in [6, 6.07) is 6.52. The monoisotopic (exact) mass is 251 g/mol. The van der Waals surface area contributed by atoms with Gasteiger partial charge in [-0.05, 0) is 6.07 Å². The fourth-order valence-electron chi connectivity index (χ4n) is 1.61. The van der Waals surface area contributed by atoms with E-state index in [4.69, 9.17) is 10.8 Å². The van der Waals surface area contributed by atoms with Crippen molar-refractivity contribution in [2.75, 3.05) is 5.73 Å². The molecule has 0 radical (unpaired) electrons. The van der Waals surface area contributed by atoms with E-state index >= 15 is 0 Å². The van der Waals surface area contributed by atoms with Gasteiger partial charge in [-0.15, -0.1) is 0 Å². The van der Waals surface area contributed by atoms with Crippen molar-refractivity contribution in [2.24, 2.45) is 0 Å². The molecule has 6 heteroatoms. The molecular formula is C11H9NO4S. The van der Waals surface area contributed by atoms with E-state index in [0.29, 0.717) is 11.3 Å². The van der Waals surface area contributed by atoms with Crippen LogP contribution in [-0.4, -0.2) is 19.5 Å². The molecule has 88 valence electrons. The standard InChI is InChI=1S/C11H9NO4S/c12-10-4-2-1-3-7(10)8-5-17(15,16)6-9(8)11(13)14/h1-6H,12H2,(H,13,14). The Morgan fingerprint density at radius 1 is 1.18 bits per heavy atom. The first kappa shape index (κ1) is 11.4. The van der Waals surface area contributed by atoms with Gasteiger partial charge >= 0.3 is 5.97 Å². The predicted molar refractivity (Wildman–Crippen MR) is 63.5 cm³/mol. The van der Waals surface area contributed by atoms with Crippen molar-refractivity contribution < 1.29 is 18.3 Å². The summed E-state index contributed by atoms with van der Waals surface area (Å²) >= 11 is 0. The third-order valence-corrected chi connectivity index (χ3v) is 3.46. The van der Waals surface area contributed by atoms with Gasteiger partial charge in [-0.2, -0.15) is 0 Å². The molecule has 0 unspecified atom stereocenters. The molecule has 0 spiro atoms. The van der Waals surface area contributed by atoms with Crippen molar-refractivity contribution in [2.45, 2.75) is 0 Å². The molecule has 0 amide bonds. The van der Waals surface area contributed by atoms with Gasteiger partial charge in [-0.1, -0.05) is 18.2 Å². The minimum Gasteiger partial charge on any atom is -0.478 e. The Morgan fingerprint density at radius 2 is 1.82 bits per heavy atom. The maximum absolute atomic E-state index is 11.4. The number of rotatable bonds is 2. The van der Waals surface area contributed by atoms with Crippen molar-refractivity contribution in [1.82, 2.24) is 0 Å². The third kappa shape index (κ3) is 2.07. The van der Waals surface area contributed by atoms with E-state index < -0.39 is 15.8 Å². The SMILES string of the molecule is Nc1ccccc1C1=CS(=O)(=O)C=C1C(=O)O. The van der Waals surface area contributed by atoms with Gasteiger partial charge in [0, 0.05) is 22.2 Å². The van der Waals surface area contributed by atoms with Crippen LogP contribution in [0.25, 0.3) is 5.57 Å². The zero-order valence-corrected chi connectivity index (χ0v) is 9.44. The van der Waals surface area contributed by atoms with Gasteiger partial charge in [0.25, 0.3) is 0 Å². The van der Waals surface area contributed by atoms with Gasteiger partial charge in [-0.25, -0.2) is 13.2 Å². The molecule has 1 aliphatic heterocycles. The van der Waals surface area contributed by atoms with Crippen LogP contribution >= 0.6 is 0 Å². The summed E-state index contributed by atoms with van der Waals surface area (Å²) in [5, 5.41) is 10.6. The van der Waals surface area contributed by atoms with Crippen LogP contribution in [0, 0.1) is 0 Å². The van der Waals surface area contributed by atoms with Crippen molar-refractivity contribution in [3.05, 3.63) is 46.2 Å². The van der Waals surface area contributed by atoms with Gasteiger partial charge in [0.15, 0.2) is 9.84 Å². The van der Waals surface area contributed by atoms with Crippen LogP contribution in [0.3, 0.4) is 0 Å². The van der Waals surface area contributed by atoms with Gasteiger partial charge in [-0.3, -0.25) is 0 Å². The number of nitrogen functional groups attached to an aromatic ring is 1. The fourth-order valence-corrected chi connectivity index (χ4v) is 2.81. The number of aliphatic carboxylic acids is 1. The zero-order valence-electron chi connectivity index (χ0n) is 8.62. The Balaban J connectivity index is 2.65. The first-order valence-corrected chi connectivity index (χ1v) is 6.29. The van der Waals surface area contributed by atoms with Crippen molar-refractivity contribution in [3.8, 4) is 0 Å². The summed E-state index contributed by atoms with van der Waals surface area (Å²) in [6.07, 6.45) is 0. The van der Waals surface area contributed by atoms with E-state index in [2.05, 4.69) is 0 Å². The first-order chi connectivity index (χ1) is 7.91. The van der Waals surface area contributed by atoms with Crippen LogP contribution in [0.15, 0.2) is 40.7 Å². The number of nitrogens with two attached hydrogens (primary N) is 1. The molecule has 0 aliphatic carbocycles. The van der Waals surface area contributed by atoms with E-state index in [9.17, 15) is 13.2 Å². The normalized spacial score (nSPS) is 17.4. The minimum absolute atomic E-state index is 0.121. The van der Waals surface area contributed by atoms with Crippen molar-refractivity contribution in [1.29, 1.82) is 0 Å². The molecule has 0 saturated carbocycles. The highest BCUT2D eigenvalue weighted by Crippen LogP contribution is 2.33. The molecule has 1 heterocycles. The van der Waals surface area contributed by atoms with Gasteiger partial charge < -0.3 is 10.8 Å². The Kier molecular flexibility index (Phi) is 2.51. The number of carboxylic acid groups (broad SMARTS) is 1. The second kappa shape index (κ2) is 3.74. The molecule has 0 saturated heterocycles. The molecule has 0 aromatic heterocycles. The highest BCUT2D eigenvalue weighted by atomic mass is 32.2. The van der Waals surface area contributed by atoms with E-state index in [1.807, 2.05) is 0 Å². The van der Waals surface area contributed by atoms with Crippen LogP contribution < -0.4 is 5.73 Å². The molecule has 1 aromatic rings. The van der Waals surface area contributed by atoms with Crippen LogP contribution in [0.1, 0.15) is 5.56 Å². The number of hydrogen-bond donors (Lipinski definition) is 2. The lowest BCUT2D eigenvalue weighted by Crippen LogP contribution is -2.02. The summed E-state index contributed by atoms with van der Waals surface area (Å²) in [4.78, 5) is 11.0. The van der Waals surface area contributed by atoms with Crippen molar-refractivity contribution in [3.63, 3.8) is 0 Å². The molecule has 0 bridgehead atoms. The van der Waals surface area contributed by atoms with E-state index in [1.54, 1.807) is 24.3 Å². The average Bonchev–Trinajstić information content (AvgIpc) is 2.55. The number of anilines is 1. The van der Waals surface area contributed by atoms with E-state index in [-0.39, 0.29) is 11.1 Å². The molecule has 0 atom stereocenters. The maximum atomic E-state index is 11.4. The zero-order chi connectivity index (χ0) is 12.6. The highest BCUT2D eigenvalue weighted by Gasteiger charge is 2.27. The molecule has 0 fully saturated rings. The summed E-state index contributed by atoms with van der Waals surface area (Å²) in [5.41, 5.74) is 6.30. The van der Waals surface area contributed by atoms with Crippen LogP contribution in [-0.2, 0) is 14.6 Å². The summed E-state index contributed by atoms with van der Waals surface area (Å²) in [5.74, 6) is -1.29. The number of carbonyl (C=O) groups is 1. The second-order valence-corrected chi connectivity index (χ2v) is 5.19. The Bertz CT molecular complexity index is 656. The topological polar surface area (TPSA) is 97.5 Å². The average molecular weight is 251 g/mol. The van der Waals surface area contributed by atoms with Crippen LogP contribution in [0.2, 0.25) is 0 Å². The Hall–Kier alpha value is -2.08. The Morgan fingerprint density at radius 3 is 2.41 bits per heavy atom. The van der Waals surface area contributed by atoms with Crippen molar-refractivity contribution >= 4 is 27.1 Å². The number of benzene rings is 1. The molecule has 17 heavy (non-hydrogen) atoms. The van der Waals surface area contributed by atoms with Crippen LogP contribution in [0.5, 0.6) is 0 Å². The number of carboxylic acids is 1. The van der Waals surface area contributed by atoms with E-state index in [1.165, 1.54) is 0 Å². The maximum Gasteiger partial charge on any atom is 0.337 e. The third-order valence-electron chi connectivity index (χ3n) is 2.34. The lowest BCUT2D eigenvalue weighted by atomic mass is 9.99. The smallest absolute Gasteiger partial charge is 0.337 e. The van der Waals surface area contributed by atoms with Gasteiger partial charge in [0.2, 0.25) is 0 Å². The molecular weight excluding hydrogens is 242 g/mol. The number of hydrogen-bond acceptors (Lipinski definition) is 4. The lowest BCUT2D eigenvalue weighted by molar-refractivity contribution is -0.132.